The summed E-state index contributed by atoms with van der Waals surface area (Å²) in [6.45, 7) is -1.08. The molecule has 1 amide bonds. The Labute approximate surface area is 148 Å². The Morgan fingerprint density at radius 2 is 1.58 bits per heavy atom. The van der Waals surface area contributed by atoms with Crippen LogP contribution in [0, 0.1) is 0 Å². The van der Waals surface area contributed by atoms with Gasteiger partial charge in [-0.1, -0.05) is 48.5 Å². The van der Waals surface area contributed by atoms with E-state index in [1.165, 1.54) is 0 Å². The minimum absolute atomic E-state index is 0.00433. The first-order valence-electron chi connectivity index (χ1n) is 8.06. The second-order valence-corrected chi connectivity index (χ2v) is 6.11. The predicted octanol–water partition coefficient (Wildman–Crippen LogP) is 3.64. The lowest BCUT2D eigenvalue weighted by molar-refractivity contribution is -0.144. The standard InChI is InChI=1S/C19H17F2NO4/c20-19(21,9-17(23)24)11-22-18(25)26-10-16-14-7-3-1-5-12(14)13-6-2-4-8-15(13)16/h1-8,16H,9-11H2,(H,22,25)(H,23,24). The zero-order valence-electron chi connectivity index (χ0n) is 13.7. The van der Waals surface area contributed by atoms with Gasteiger partial charge in [0.15, 0.2) is 0 Å². The molecule has 1 aliphatic carbocycles. The monoisotopic (exact) mass is 361 g/mol. The molecule has 0 atom stereocenters. The highest BCUT2D eigenvalue weighted by molar-refractivity contribution is 5.79. The first-order chi connectivity index (χ1) is 12.4. The van der Waals surface area contributed by atoms with Crippen molar-refractivity contribution in [3.8, 4) is 11.1 Å². The van der Waals surface area contributed by atoms with Crippen LogP contribution in [-0.4, -0.2) is 36.2 Å². The van der Waals surface area contributed by atoms with E-state index in [0.717, 1.165) is 22.3 Å². The van der Waals surface area contributed by atoms with E-state index in [0.29, 0.717) is 0 Å². The third-order valence-corrected chi connectivity index (χ3v) is 4.24. The topological polar surface area (TPSA) is 75.6 Å². The molecule has 2 N–H and O–H groups in total. The Hall–Kier alpha value is -2.96. The average Bonchev–Trinajstić information content (AvgIpc) is 2.91. The third kappa shape index (κ3) is 3.82. The fourth-order valence-electron chi connectivity index (χ4n) is 3.13. The number of nitrogens with one attached hydrogen (secondary N) is 1. The second-order valence-electron chi connectivity index (χ2n) is 6.11. The van der Waals surface area contributed by atoms with Crippen LogP contribution in [0.15, 0.2) is 48.5 Å². The maximum absolute atomic E-state index is 13.3. The van der Waals surface area contributed by atoms with Gasteiger partial charge in [0.1, 0.15) is 13.0 Å². The SMILES string of the molecule is O=C(O)CC(F)(F)CNC(=O)OCC1c2ccccc2-c2ccccc21. The summed E-state index contributed by atoms with van der Waals surface area (Å²) in [5.74, 6) is -5.34. The summed E-state index contributed by atoms with van der Waals surface area (Å²) in [6, 6.07) is 15.5. The van der Waals surface area contributed by atoms with Gasteiger partial charge in [-0.15, -0.1) is 0 Å². The van der Waals surface area contributed by atoms with Crippen molar-refractivity contribution in [1.82, 2.24) is 5.32 Å². The minimum Gasteiger partial charge on any atom is -0.481 e. The van der Waals surface area contributed by atoms with E-state index < -0.39 is 31.0 Å². The van der Waals surface area contributed by atoms with Gasteiger partial charge in [-0.3, -0.25) is 4.79 Å². The molecule has 2 aromatic rings. The summed E-state index contributed by atoms with van der Waals surface area (Å²) < 4.78 is 31.7. The second kappa shape index (κ2) is 7.11. The Morgan fingerprint density at radius 3 is 2.12 bits per heavy atom. The van der Waals surface area contributed by atoms with Gasteiger partial charge in [-0.2, -0.15) is 0 Å². The number of rotatable bonds is 6. The number of carboxylic acid groups (broad SMARTS) is 1. The van der Waals surface area contributed by atoms with E-state index in [2.05, 4.69) is 0 Å². The van der Waals surface area contributed by atoms with Crippen molar-refractivity contribution >= 4 is 12.1 Å². The van der Waals surface area contributed by atoms with Gasteiger partial charge in [0.2, 0.25) is 0 Å². The molecule has 0 radical (unpaired) electrons. The normalized spacial score (nSPS) is 13.0. The fourth-order valence-corrected chi connectivity index (χ4v) is 3.13. The van der Waals surface area contributed by atoms with Crippen LogP contribution in [0.5, 0.6) is 0 Å². The van der Waals surface area contributed by atoms with Crippen LogP contribution in [0.4, 0.5) is 13.6 Å². The summed E-state index contributed by atoms with van der Waals surface area (Å²) in [5, 5.41) is 10.3. The molecule has 2 aromatic carbocycles. The lowest BCUT2D eigenvalue weighted by Gasteiger charge is -2.17. The van der Waals surface area contributed by atoms with Crippen LogP contribution in [0.3, 0.4) is 0 Å². The number of benzene rings is 2. The number of ether oxygens (including phenoxy) is 1. The quantitative estimate of drug-likeness (QED) is 0.824. The summed E-state index contributed by atoms with van der Waals surface area (Å²) in [4.78, 5) is 22.1. The van der Waals surface area contributed by atoms with E-state index in [1.807, 2.05) is 53.8 Å². The van der Waals surface area contributed by atoms with Crippen molar-refractivity contribution in [2.24, 2.45) is 0 Å². The Morgan fingerprint density at radius 1 is 1.04 bits per heavy atom. The Kier molecular flexibility index (Phi) is 4.88. The molecular formula is C19H17F2NO4. The zero-order chi connectivity index (χ0) is 18.7. The van der Waals surface area contributed by atoms with E-state index in [4.69, 9.17) is 9.84 Å². The van der Waals surface area contributed by atoms with Crippen LogP contribution in [0.1, 0.15) is 23.5 Å². The molecule has 136 valence electrons. The highest BCUT2D eigenvalue weighted by Crippen LogP contribution is 2.44. The number of alkyl carbamates (subject to hydrolysis) is 1. The predicted molar refractivity (Wildman–Crippen MR) is 90.3 cm³/mol. The maximum Gasteiger partial charge on any atom is 0.407 e. The largest absolute Gasteiger partial charge is 0.481 e. The van der Waals surface area contributed by atoms with Gasteiger partial charge in [0.05, 0.1) is 6.54 Å². The number of carbonyl (C=O) groups is 2. The molecular weight excluding hydrogens is 344 g/mol. The number of carboxylic acids is 1. The minimum atomic E-state index is -3.53. The molecule has 0 aliphatic heterocycles. The third-order valence-electron chi connectivity index (χ3n) is 4.24. The molecule has 5 nitrogen and oxygen atoms in total. The van der Waals surface area contributed by atoms with E-state index in [-0.39, 0.29) is 12.5 Å². The van der Waals surface area contributed by atoms with Crippen LogP contribution >= 0.6 is 0 Å². The van der Waals surface area contributed by atoms with E-state index >= 15 is 0 Å². The molecule has 0 saturated carbocycles. The van der Waals surface area contributed by atoms with Crippen molar-refractivity contribution in [1.29, 1.82) is 0 Å². The lowest BCUT2D eigenvalue weighted by atomic mass is 9.98. The number of aliphatic carboxylic acids is 1. The molecule has 0 spiro atoms. The number of carbonyl (C=O) groups excluding carboxylic acids is 1. The smallest absolute Gasteiger partial charge is 0.407 e. The summed E-state index contributed by atoms with van der Waals surface area (Å²) in [6.07, 6.45) is -2.35. The first kappa shape index (κ1) is 17.8. The molecule has 0 heterocycles. The van der Waals surface area contributed by atoms with Crippen LogP contribution in [0.25, 0.3) is 11.1 Å². The maximum atomic E-state index is 13.3. The molecule has 0 aromatic heterocycles. The van der Waals surface area contributed by atoms with Gasteiger partial charge >= 0.3 is 12.1 Å². The number of alkyl halides is 2. The zero-order valence-corrected chi connectivity index (χ0v) is 13.7. The molecule has 3 rings (SSSR count). The van der Waals surface area contributed by atoms with Crippen LogP contribution < -0.4 is 5.32 Å². The van der Waals surface area contributed by atoms with Crippen LogP contribution in [0.2, 0.25) is 0 Å². The fraction of sp³-hybridized carbons (Fsp3) is 0.263. The molecule has 0 bridgehead atoms. The Balaban J connectivity index is 1.63. The average molecular weight is 361 g/mol. The molecule has 0 saturated heterocycles. The number of hydrogen-bond acceptors (Lipinski definition) is 3. The van der Waals surface area contributed by atoms with Crippen molar-refractivity contribution in [3.05, 3.63) is 59.7 Å². The highest BCUT2D eigenvalue weighted by atomic mass is 19.3. The number of fused-ring (bicyclic) bond motifs is 3. The molecule has 1 aliphatic rings. The number of halogens is 2. The van der Waals surface area contributed by atoms with Crippen molar-refractivity contribution in [2.75, 3.05) is 13.2 Å². The van der Waals surface area contributed by atoms with Gasteiger partial charge in [-0.05, 0) is 22.3 Å². The lowest BCUT2D eigenvalue weighted by Crippen LogP contribution is -2.38. The summed E-state index contributed by atoms with van der Waals surface area (Å²) in [5.41, 5.74) is 4.14. The van der Waals surface area contributed by atoms with Gasteiger partial charge in [0.25, 0.3) is 5.92 Å². The van der Waals surface area contributed by atoms with Gasteiger partial charge < -0.3 is 15.2 Å². The van der Waals surface area contributed by atoms with Crippen molar-refractivity contribution in [2.45, 2.75) is 18.3 Å². The molecule has 26 heavy (non-hydrogen) atoms. The van der Waals surface area contributed by atoms with Gasteiger partial charge in [-0.25, -0.2) is 13.6 Å². The van der Waals surface area contributed by atoms with Gasteiger partial charge in [0, 0.05) is 5.92 Å². The molecule has 0 fully saturated rings. The first-order valence-corrected chi connectivity index (χ1v) is 8.06. The number of hydrogen-bond donors (Lipinski definition) is 2. The summed E-state index contributed by atoms with van der Waals surface area (Å²) in [7, 11) is 0. The van der Waals surface area contributed by atoms with Crippen LogP contribution in [-0.2, 0) is 9.53 Å². The summed E-state index contributed by atoms with van der Waals surface area (Å²) >= 11 is 0. The van der Waals surface area contributed by atoms with Crippen molar-refractivity contribution < 1.29 is 28.2 Å². The van der Waals surface area contributed by atoms with E-state index in [9.17, 15) is 18.4 Å². The number of amides is 1. The molecule has 7 heteroatoms. The highest BCUT2D eigenvalue weighted by Gasteiger charge is 2.33. The van der Waals surface area contributed by atoms with Crippen molar-refractivity contribution in [3.63, 3.8) is 0 Å². The Bertz CT molecular complexity index is 792. The van der Waals surface area contributed by atoms with E-state index in [1.54, 1.807) is 0 Å². The molecule has 0 unspecified atom stereocenters.